The van der Waals surface area contributed by atoms with E-state index in [1.54, 1.807) is 22.7 Å². The first kappa shape index (κ1) is 25.9. The average Bonchev–Trinajstić information content (AvgIpc) is 3.76. The monoisotopic (exact) mass is 592 g/mol. The molecule has 8 rings (SSSR count). The van der Waals surface area contributed by atoms with Crippen LogP contribution in [0.2, 0.25) is 0 Å². The Hall–Kier alpha value is -4.78. The standard InChI is InChI=1S/C37H28N4S2/c1-19-9-11-22(12-10-19)28-17-26-34(39)30-20(2)33-31(21(3)32(30)36(26)42-28)35(41-40-25-7-5-4-6-8-25)27-18-29(43-37(27)33)23-13-15-24(38)16-14-23/h4-18,39-40H,38H2,1-3H3/b39-34?,41-35+. The predicted molar refractivity (Wildman–Crippen MR) is 186 cm³/mol. The lowest BCUT2D eigenvalue weighted by molar-refractivity contribution is 1.25. The predicted octanol–water partition coefficient (Wildman–Crippen LogP) is 9.55. The Morgan fingerprint density at radius 3 is 1.88 bits per heavy atom. The van der Waals surface area contributed by atoms with Gasteiger partial charge in [-0.3, -0.25) is 10.8 Å². The number of nitrogens with zero attached hydrogens (tertiary/aromatic N) is 1. The summed E-state index contributed by atoms with van der Waals surface area (Å²) in [4.78, 5) is 2.38. The lowest BCUT2D eigenvalue weighted by Gasteiger charge is -2.07. The molecule has 208 valence electrons. The van der Waals surface area contributed by atoms with Gasteiger partial charge in [0.2, 0.25) is 0 Å². The van der Waals surface area contributed by atoms with Gasteiger partial charge in [-0.15, -0.1) is 22.7 Å². The van der Waals surface area contributed by atoms with E-state index >= 15 is 0 Å². The number of hydrogen-bond acceptors (Lipinski definition) is 6. The fraction of sp³-hybridized carbons (Fsp3) is 0.0811. The van der Waals surface area contributed by atoms with Crippen molar-refractivity contribution in [2.45, 2.75) is 20.8 Å². The van der Waals surface area contributed by atoms with Crippen molar-refractivity contribution in [3.63, 3.8) is 0 Å². The zero-order valence-electron chi connectivity index (χ0n) is 24.0. The van der Waals surface area contributed by atoms with Gasteiger partial charge in [-0.2, -0.15) is 5.10 Å². The van der Waals surface area contributed by atoms with Gasteiger partial charge in [-0.25, -0.2) is 0 Å². The summed E-state index contributed by atoms with van der Waals surface area (Å²) in [6.45, 7) is 6.50. The number of anilines is 2. The van der Waals surface area contributed by atoms with E-state index in [2.05, 4.69) is 74.7 Å². The molecular weight excluding hydrogens is 565 g/mol. The SMILES string of the molecule is Cc1ccc(-c2cc3c(=N)c4c(C)c5c(c(C)c4c3s2)/c(=N/Nc2ccccc2)c2cc(-c3ccc(N)cc3)sc25)cc1. The first-order chi connectivity index (χ1) is 20.9. The number of nitrogens with one attached hydrogen (secondary N) is 2. The second-order valence-electron chi connectivity index (χ2n) is 11.3. The molecule has 0 spiro atoms. The fourth-order valence-electron chi connectivity index (χ4n) is 6.36. The van der Waals surface area contributed by atoms with E-state index in [1.807, 2.05) is 42.5 Å². The molecule has 0 aliphatic rings. The van der Waals surface area contributed by atoms with Crippen LogP contribution >= 0.6 is 22.7 Å². The third-order valence-electron chi connectivity index (χ3n) is 8.53. The van der Waals surface area contributed by atoms with E-state index in [0.717, 1.165) is 49.4 Å². The van der Waals surface area contributed by atoms with Gasteiger partial charge in [0, 0.05) is 57.2 Å². The molecule has 6 aromatic carbocycles. The molecule has 6 heteroatoms. The molecule has 0 bridgehead atoms. The van der Waals surface area contributed by atoms with Gasteiger partial charge in [0.05, 0.1) is 11.0 Å². The van der Waals surface area contributed by atoms with Crippen LogP contribution in [0, 0.1) is 26.2 Å². The topological polar surface area (TPSA) is 74.3 Å². The summed E-state index contributed by atoms with van der Waals surface area (Å²) in [6, 6.07) is 31.3. The second-order valence-corrected chi connectivity index (χ2v) is 13.4. The molecular formula is C37H28N4S2. The quantitative estimate of drug-likeness (QED) is 0.141. The number of benzene rings is 4. The van der Waals surface area contributed by atoms with Gasteiger partial charge in [0.25, 0.3) is 0 Å². The van der Waals surface area contributed by atoms with Crippen LogP contribution in [0.3, 0.4) is 0 Å². The lowest BCUT2D eigenvalue weighted by Crippen LogP contribution is -2.06. The maximum atomic E-state index is 9.37. The van der Waals surface area contributed by atoms with Gasteiger partial charge < -0.3 is 5.73 Å². The molecule has 0 unspecified atom stereocenters. The van der Waals surface area contributed by atoms with Crippen LogP contribution in [0.25, 0.3) is 62.6 Å². The number of hydrogen-bond donors (Lipinski definition) is 3. The molecule has 0 saturated heterocycles. The van der Waals surface area contributed by atoms with Crippen LogP contribution in [0.5, 0.6) is 0 Å². The molecule has 0 saturated carbocycles. The highest BCUT2D eigenvalue weighted by molar-refractivity contribution is 7.24. The number of nitrogens with two attached hydrogens (primary N) is 1. The molecule has 0 fully saturated rings. The number of fused-ring (bicyclic) bond motifs is 6. The summed E-state index contributed by atoms with van der Waals surface area (Å²) >= 11 is 3.58. The number of nitrogen functional groups attached to an aromatic ring is 1. The average molecular weight is 593 g/mol. The van der Waals surface area contributed by atoms with Crippen LogP contribution in [-0.2, 0) is 0 Å². The minimum atomic E-state index is 0.618. The summed E-state index contributed by atoms with van der Waals surface area (Å²) in [6.07, 6.45) is 0. The van der Waals surface area contributed by atoms with Crippen molar-refractivity contribution in [2.24, 2.45) is 5.10 Å². The van der Waals surface area contributed by atoms with E-state index in [-0.39, 0.29) is 0 Å². The van der Waals surface area contributed by atoms with Gasteiger partial charge in [-0.1, -0.05) is 60.2 Å². The van der Waals surface area contributed by atoms with Crippen LogP contribution in [-0.4, -0.2) is 0 Å². The van der Waals surface area contributed by atoms with Crippen molar-refractivity contribution >= 4 is 75.8 Å². The third kappa shape index (κ3) is 3.94. The zero-order valence-corrected chi connectivity index (χ0v) is 25.6. The Kier molecular flexibility index (Phi) is 5.80. The highest BCUT2D eigenvalue weighted by Gasteiger charge is 2.24. The van der Waals surface area contributed by atoms with Crippen LogP contribution in [0.1, 0.15) is 16.7 Å². The van der Waals surface area contributed by atoms with Crippen molar-refractivity contribution in [2.75, 3.05) is 11.2 Å². The van der Waals surface area contributed by atoms with Crippen molar-refractivity contribution in [1.82, 2.24) is 0 Å². The first-order valence-corrected chi connectivity index (χ1v) is 15.9. The lowest BCUT2D eigenvalue weighted by atomic mass is 9.98. The van der Waals surface area contributed by atoms with E-state index in [1.165, 1.54) is 46.6 Å². The molecule has 4 nitrogen and oxygen atoms in total. The number of rotatable bonds is 4. The van der Waals surface area contributed by atoms with Crippen molar-refractivity contribution < 1.29 is 0 Å². The summed E-state index contributed by atoms with van der Waals surface area (Å²) in [7, 11) is 0. The first-order valence-electron chi connectivity index (χ1n) is 14.3. The maximum Gasteiger partial charge on any atom is 0.100 e. The summed E-state index contributed by atoms with van der Waals surface area (Å²) in [5, 5.41) is 22.8. The molecule has 0 aliphatic carbocycles. The molecule has 2 aromatic heterocycles. The second kappa shape index (κ2) is 9.63. The molecule has 0 aliphatic heterocycles. The zero-order chi connectivity index (χ0) is 29.4. The summed E-state index contributed by atoms with van der Waals surface area (Å²) in [5.74, 6) is 0. The summed E-state index contributed by atoms with van der Waals surface area (Å²) in [5.41, 5.74) is 16.9. The van der Waals surface area contributed by atoms with Gasteiger partial charge in [0.1, 0.15) is 5.36 Å². The van der Waals surface area contributed by atoms with E-state index < -0.39 is 0 Å². The number of para-hydroxylation sites is 1. The number of aryl methyl sites for hydroxylation is 3. The largest absolute Gasteiger partial charge is 0.399 e. The Bertz CT molecular complexity index is 2460. The van der Waals surface area contributed by atoms with Gasteiger partial charge in [0.15, 0.2) is 0 Å². The van der Waals surface area contributed by atoms with Gasteiger partial charge >= 0.3 is 0 Å². The Balaban J connectivity index is 1.45. The van der Waals surface area contributed by atoms with E-state index in [4.69, 9.17) is 10.8 Å². The normalized spacial score (nSPS) is 12.4. The Morgan fingerprint density at radius 2 is 1.21 bits per heavy atom. The van der Waals surface area contributed by atoms with Crippen molar-refractivity contribution in [3.05, 3.63) is 118 Å². The minimum Gasteiger partial charge on any atom is -0.399 e. The molecule has 0 atom stereocenters. The molecule has 0 amide bonds. The molecule has 0 radical (unpaired) electrons. The highest BCUT2D eigenvalue weighted by Crippen LogP contribution is 2.45. The third-order valence-corrected chi connectivity index (χ3v) is 10.9. The van der Waals surface area contributed by atoms with Crippen LogP contribution in [0.4, 0.5) is 11.4 Å². The summed E-state index contributed by atoms with van der Waals surface area (Å²) < 4.78 is 2.40. The molecule has 4 N–H and O–H groups in total. The molecule has 2 heterocycles. The Labute approximate surface area is 256 Å². The van der Waals surface area contributed by atoms with Crippen molar-refractivity contribution in [1.29, 1.82) is 5.41 Å². The maximum absolute atomic E-state index is 9.37. The molecule has 8 aromatic rings. The molecule has 43 heavy (non-hydrogen) atoms. The fourth-order valence-corrected chi connectivity index (χ4v) is 8.91. The Morgan fingerprint density at radius 1 is 0.651 bits per heavy atom. The van der Waals surface area contributed by atoms with Gasteiger partial charge in [-0.05, 0) is 79.4 Å². The number of thiophene rings is 2. The minimum absolute atomic E-state index is 0.618. The van der Waals surface area contributed by atoms with Crippen LogP contribution < -0.4 is 21.9 Å². The van der Waals surface area contributed by atoms with E-state index in [9.17, 15) is 5.41 Å². The van der Waals surface area contributed by atoms with Crippen molar-refractivity contribution in [3.8, 4) is 20.9 Å². The highest BCUT2D eigenvalue weighted by atomic mass is 32.1. The van der Waals surface area contributed by atoms with Crippen LogP contribution in [0.15, 0.2) is 96.1 Å². The smallest absolute Gasteiger partial charge is 0.100 e. The van der Waals surface area contributed by atoms with E-state index in [0.29, 0.717) is 5.36 Å².